The van der Waals surface area contributed by atoms with Gasteiger partial charge in [-0.1, -0.05) is 48.5 Å². The van der Waals surface area contributed by atoms with E-state index in [1.165, 1.54) is 22.3 Å². The summed E-state index contributed by atoms with van der Waals surface area (Å²) in [5, 5.41) is 14.6. The number of amides is 2. The number of hydrogen-bond donors (Lipinski definition) is 3. The molecular formula is C27H30N2O5. The van der Waals surface area contributed by atoms with Gasteiger partial charge in [-0.05, 0) is 59.3 Å². The van der Waals surface area contributed by atoms with E-state index in [1.54, 1.807) is 0 Å². The van der Waals surface area contributed by atoms with Crippen LogP contribution in [0.15, 0.2) is 48.5 Å². The van der Waals surface area contributed by atoms with Crippen molar-refractivity contribution in [3.05, 3.63) is 59.7 Å². The van der Waals surface area contributed by atoms with E-state index in [-0.39, 0.29) is 42.6 Å². The molecule has 0 aliphatic heterocycles. The molecule has 2 amide bonds. The van der Waals surface area contributed by atoms with Gasteiger partial charge in [-0.2, -0.15) is 0 Å². The van der Waals surface area contributed by atoms with Gasteiger partial charge in [0.25, 0.3) is 0 Å². The Balaban J connectivity index is 1.02. The molecule has 178 valence electrons. The van der Waals surface area contributed by atoms with Crippen LogP contribution in [0.2, 0.25) is 0 Å². The first-order valence-corrected chi connectivity index (χ1v) is 12.1. The lowest BCUT2D eigenvalue weighted by atomic mass is 9.73. The van der Waals surface area contributed by atoms with Crippen molar-refractivity contribution in [2.75, 3.05) is 19.7 Å². The standard InChI is InChI=1S/C27H30N2O5/c30-25(31)11-16-9-17(10-16)13-28-26(32)23-12-18(23)14-29-27(33)34-15-24-21-7-3-1-5-19(21)20-6-2-4-8-22(20)24/h1-8,16-18,23-24H,9-15H2,(H,28,32)(H,29,33)(H,30,31). The second-order valence-corrected chi connectivity index (χ2v) is 9.86. The highest BCUT2D eigenvalue weighted by Gasteiger charge is 2.43. The van der Waals surface area contributed by atoms with E-state index in [1.807, 2.05) is 24.3 Å². The van der Waals surface area contributed by atoms with E-state index in [0.717, 1.165) is 19.3 Å². The zero-order valence-corrected chi connectivity index (χ0v) is 19.0. The smallest absolute Gasteiger partial charge is 0.407 e. The number of hydrogen-bond acceptors (Lipinski definition) is 4. The highest BCUT2D eigenvalue weighted by Crippen LogP contribution is 2.44. The number of carboxylic acids is 1. The summed E-state index contributed by atoms with van der Waals surface area (Å²) in [4.78, 5) is 35.4. The third-order valence-corrected chi connectivity index (χ3v) is 7.47. The summed E-state index contributed by atoms with van der Waals surface area (Å²) in [6, 6.07) is 16.4. The molecule has 5 rings (SSSR count). The third kappa shape index (κ3) is 4.79. The van der Waals surface area contributed by atoms with Gasteiger partial charge < -0.3 is 20.5 Å². The molecule has 0 saturated heterocycles. The fourth-order valence-electron chi connectivity index (χ4n) is 5.49. The van der Waals surface area contributed by atoms with Crippen LogP contribution in [0, 0.1) is 23.7 Å². The average Bonchev–Trinajstić information content (AvgIpc) is 3.52. The van der Waals surface area contributed by atoms with Crippen LogP contribution in [0.25, 0.3) is 11.1 Å². The highest BCUT2D eigenvalue weighted by molar-refractivity contribution is 5.82. The molecule has 2 fully saturated rings. The normalized spacial score (nSPS) is 24.4. The second kappa shape index (κ2) is 9.49. The number of carbonyl (C=O) groups is 3. The predicted octanol–water partition coefficient (Wildman–Crippen LogP) is 3.78. The number of aliphatic carboxylic acids is 1. The average molecular weight is 463 g/mol. The maximum Gasteiger partial charge on any atom is 0.407 e. The molecule has 2 saturated carbocycles. The Kier molecular flexibility index (Phi) is 6.26. The first kappa shape index (κ1) is 22.4. The van der Waals surface area contributed by atoms with Crippen molar-refractivity contribution in [1.82, 2.24) is 10.6 Å². The van der Waals surface area contributed by atoms with E-state index < -0.39 is 12.1 Å². The molecule has 2 aromatic rings. The van der Waals surface area contributed by atoms with Crippen molar-refractivity contribution >= 4 is 18.0 Å². The van der Waals surface area contributed by atoms with Crippen LogP contribution in [0.4, 0.5) is 4.79 Å². The molecule has 0 aromatic heterocycles. The first-order chi connectivity index (χ1) is 16.5. The zero-order valence-electron chi connectivity index (χ0n) is 19.0. The fraction of sp³-hybridized carbons (Fsp3) is 0.444. The van der Waals surface area contributed by atoms with Gasteiger partial charge in [0, 0.05) is 31.3 Å². The quantitative estimate of drug-likeness (QED) is 0.526. The number of ether oxygens (including phenoxy) is 1. The minimum atomic E-state index is -0.753. The van der Waals surface area contributed by atoms with Crippen molar-refractivity contribution in [2.45, 2.75) is 31.6 Å². The topological polar surface area (TPSA) is 105 Å². The first-order valence-electron chi connectivity index (χ1n) is 12.1. The maximum atomic E-state index is 12.3. The summed E-state index contributed by atoms with van der Waals surface area (Å²) in [7, 11) is 0. The van der Waals surface area contributed by atoms with Crippen molar-refractivity contribution < 1.29 is 24.2 Å². The highest BCUT2D eigenvalue weighted by atomic mass is 16.5. The molecule has 3 aliphatic carbocycles. The van der Waals surface area contributed by atoms with Gasteiger partial charge in [-0.25, -0.2) is 4.79 Å². The van der Waals surface area contributed by atoms with Gasteiger partial charge in [0.2, 0.25) is 5.91 Å². The van der Waals surface area contributed by atoms with Crippen LogP contribution in [0.3, 0.4) is 0 Å². The number of nitrogens with one attached hydrogen (secondary N) is 2. The van der Waals surface area contributed by atoms with Crippen LogP contribution >= 0.6 is 0 Å². The fourth-order valence-corrected chi connectivity index (χ4v) is 5.49. The lowest BCUT2D eigenvalue weighted by Crippen LogP contribution is -2.38. The van der Waals surface area contributed by atoms with Crippen molar-refractivity contribution in [2.24, 2.45) is 23.7 Å². The third-order valence-electron chi connectivity index (χ3n) is 7.47. The lowest BCUT2D eigenvalue weighted by molar-refractivity contribution is -0.139. The van der Waals surface area contributed by atoms with Crippen LogP contribution < -0.4 is 10.6 Å². The minimum Gasteiger partial charge on any atom is -0.481 e. The monoisotopic (exact) mass is 462 g/mol. The lowest BCUT2D eigenvalue weighted by Gasteiger charge is -2.34. The largest absolute Gasteiger partial charge is 0.481 e. The number of carboxylic acid groups (broad SMARTS) is 1. The summed E-state index contributed by atoms with van der Waals surface area (Å²) in [6.45, 7) is 1.32. The van der Waals surface area contributed by atoms with Crippen LogP contribution in [-0.2, 0) is 14.3 Å². The summed E-state index contributed by atoms with van der Waals surface area (Å²) < 4.78 is 5.56. The number of rotatable bonds is 9. The number of benzene rings is 2. The van der Waals surface area contributed by atoms with Gasteiger partial charge in [0.1, 0.15) is 6.61 Å². The summed E-state index contributed by atoms with van der Waals surface area (Å²) in [6.07, 6.45) is 2.26. The Hall–Kier alpha value is -3.35. The number of alkyl carbamates (subject to hydrolysis) is 1. The van der Waals surface area contributed by atoms with Crippen LogP contribution in [0.1, 0.15) is 42.7 Å². The Morgan fingerprint density at radius 3 is 2.15 bits per heavy atom. The Morgan fingerprint density at radius 2 is 1.50 bits per heavy atom. The molecular weight excluding hydrogens is 432 g/mol. The maximum absolute atomic E-state index is 12.3. The summed E-state index contributed by atoms with van der Waals surface area (Å²) in [5.74, 6) is 0.00164. The molecule has 7 heteroatoms. The molecule has 0 heterocycles. The minimum absolute atomic E-state index is 0.0270. The van der Waals surface area contributed by atoms with Crippen molar-refractivity contribution in [1.29, 1.82) is 0 Å². The molecule has 2 atom stereocenters. The molecule has 0 bridgehead atoms. The Labute approximate surface area is 198 Å². The molecule has 3 N–H and O–H groups in total. The van der Waals surface area contributed by atoms with Gasteiger partial charge in [-0.15, -0.1) is 0 Å². The Bertz CT molecular complexity index is 1050. The van der Waals surface area contributed by atoms with Crippen molar-refractivity contribution in [3.63, 3.8) is 0 Å². The van der Waals surface area contributed by atoms with Crippen LogP contribution in [0.5, 0.6) is 0 Å². The summed E-state index contributed by atoms with van der Waals surface area (Å²) in [5.41, 5.74) is 4.74. The predicted molar refractivity (Wildman–Crippen MR) is 126 cm³/mol. The molecule has 3 aliphatic rings. The molecule has 7 nitrogen and oxygen atoms in total. The second-order valence-electron chi connectivity index (χ2n) is 9.86. The van der Waals surface area contributed by atoms with E-state index in [4.69, 9.17) is 9.84 Å². The van der Waals surface area contributed by atoms with E-state index >= 15 is 0 Å². The van der Waals surface area contributed by atoms with Gasteiger partial charge in [0.05, 0.1) is 0 Å². The van der Waals surface area contributed by atoms with Crippen LogP contribution in [-0.4, -0.2) is 42.8 Å². The summed E-state index contributed by atoms with van der Waals surface area (Å²) >= 11 is 0. The van der Waals surface area contributed by atoms with E-state index in [2.05, 4.69) is 34.9 Å². The van der Waals surface area contributed by atoms with E-state index in [0.29, 0.717) is 19.0 Å². The number of carbonyl (C=O) groups excluding carboxylic acids is 2. The molecule has 2 aromatic carbocycles. The molecule has 0 spiro atoms. The molecule has 34 heavy (non-hydrogen) atoms. The molecule has 2 unspecified atom stereocenters. The van der Waals surface area contributed by atoms with Gasteiger partial charge in [-0.3, -0.25) is 9.59 Å². The van der Waals surface area contributed by atoms with Crippen molar-refractivity contribution in [3.8, 4) is 11.1 Å². The van der Waals surface area contributed by atoms with Gasteiger partial charge in [0.15, 0.2) is 0 Å². The zero-order chi connectivity index (χ0) is 23.7. The Morgan fingerprint density at radius 1 is 0.853 bits per heavy atom. The SMILES string of the molecule is O=C(O)CC1CC(CNC(=O)C2CC2CNC(=O)OCC2c3ccccc3-c3ccccc32)C1. The van der Waals surface area contributed by atoms with Gasteiger partial charge >= 0.3 is 12.1 Å². The van der Waals surface area contributed by atoms with E-state index in [9.17, 15) is 14.4 Å². The molecule has 0 radical (unpaired) electrons. The number of fused-ring (bicyclic) bond motifs is 3.